The molecule has 14 heavy (non-hydrogen) atoms. The van der Waals surface area contributed by atoms with Gasteiger partial charge in [-0.1, -0.05) is 11.6 Å². The molecule has 1 nitrogen and oxygen atoms in total. The van der Waals surface area contributed by atoms with Crippen molar-refractivity contribution in [2.24, 2.45) is 0 Å². The van der Waals surface area contributed by atoms with E-state index in [0.717, 1.165) is 25.4 Å². The highest BCUT2D eigenvalue weighted by molar-refractivity contribution is 5.04. The standard InChI is InChI=1S/C13H21N/c1-3-4-5-7-12(2)8-6-11-14-13-9-10-13/h8,13-14H,5-7,9-11H2,1-2H3. The fourth-order valence-electron chi connectivity index (χ4n) is 1.38. The smallest absolute Gasteiger partial charge is 0.0126 e. The van der Waals surface area contributed by atoms with E-state index in [1.807, 2.05) is 6.92 Å². The molecule has 78 valence electrons. The molecule has 0 aromatic rings. The fourth-order valence-corrected chi connectivity index (χ4v) is 1.38. The van der Waals surface area contributed by atoms with E-state index in [1.165, 1.54) is 24.8 Å². The molecule has 1 N–H and O–H groups in total. The van der Waals surface area contributed by atoms with Gasteiger partial charge >= 0.3 is 0 Å². The molecule has 0 heterocycles. The van der Waals surface area contributed by atoms with Crippen molar-refractivity contribution >= 4 is 0 Å². The molecule has 0 aliphatic heterocycles. The van der Waals surface area contributed by atoms with E-state index < -0.39 is 0 Å². The number of hydrogen-bond acceptors (Lipinski definition) is 1. The highest BCUT2D eigenvalue weighted by Crippen LogP contribution is 2.18. The van der Waals surface area contributed by atoms with E-state index in [-0.39, 0.29) is 0 Å². The first-order chi connectivity index (χ1) is 6.83. The summed E-state index contributed by atoms with van der Waals surface area (Å²) in [5.74, 6) is 6.02. The summed E-state index contributed by atoms with van der Waals surface area (Å²) in [5, 5.41) is 3.51. The van der Waals surface area contributed by atoms with Gasteiger partial charge in [0.1, 0.15) is 0 Å². The van der Waals surface area contributed by atoms with Gasteiger partial charge in [-0.05, 0) is 46.1 Å². The van der Waals surface area contributed by atoms with E-state index in [0.29, 0.717) is 0 Å². The number of hydrogen-bond donors (Lipinski definition) is 1. The van der Waals surface area contributed by atoms with Gasteiger partial charge in [0.15, 0.2) is 0 Å². The van der Waals surface area contributed by atoms with Crippen LogP contribution in [-0.4, -0.2) is 12.6 Å². The van der Waals surface area contributed by atoms with E-state index >= 15 is 0 Å². The van der Waals surface area contributed by atoms with Crippen LogP contribution in [0.4, 0.5) is 0 Å². The van der Waals surface area contributed by atoms with Gasteiger partial charge in [0, 0.05) is 12.5 Å². The van der Waals surface area contributed by atoms with Crippen LogP contribution >= 0.6 is 0 Å². The van der Waals surface area contributed by atoms with Crippen LogP contribution in [0, 0.1) is 11.8 Å². The second kappa shape index (κ2) is 6.68. The van der Waals surface area contributed by atoms with Crippen molar-refractivity contribution in [2.45, 2.75) is 52.0 Å². The van der Waals surface area contributed by atoms with Crippen molar-refractivity contribution in [3.63, 3.8) is 0 Å². The predicted molar refractivity (Wildman–Crippen MR) is 62.1 cm³/mol. The fraction of sp³-hybridized carbons (Fsp3) is 0.692. The normalized spacial score (nSPS) is 16.3. The molecule has 0 amide bonds. The largest absolute Gasteiger partial charge is 0.314 e. The van der Waals surface area contributed by atoms with Crippen molar-refractivity contribution in [3.8, 4) is 11.8 Å². The SMILES string of the molecule is CC#CCCC(C)=CCCNC1CC1. The molecule has 0 saturated heterocycles. The summed E-state index contributed by atoms with van der Waals surface area (Å²) in [6, 6.07) is 0.842. The lowest BCUT2D eigenvalue weighted by atomic mass is 10.1. The summed E-state index contributed by atoms with van der Waals surface area (Å²) >= 11 is 0. The molecule has 1 fully saturated rings. The summed E-state index contributed by atoms with van der Waals surface area (Å²) in [5.41, 5.74) is 1.48. The minimum atomic E-state index is 0.842. The maximum Gasteiger partial charge on any atom is 0.0126 e. The van der Waals surface area contributed by atoms with Crippen LogP contribution in [0.3, 0.4) is 0 Å². The van der Waals surface area contributed by atoms with Gasteiger partial charge in [0.25, 0.3) is 0 Å². The van der Waals surface area contributed by atoms with E-state index in [9.17, 15) is 0 Å². The van der Waals surface area contributed by atoms with Gasteiger partial charge in [-0.15, -0.1) is 11.8 Å². The molecular weight excluding hydrogens is 170 g/mol. The molecule has 0 atom stereocenters. The molecule has 1 rings (SSSR count). The third kappa shape index (κ3) is 5.83. The van der Waals surface area contributed by atoms with Crippen molar-refractivity contribution in [2.75, 3.05) is 6.54 Å². The van der Waals surface area contributed by atoms with Gasteiger partial charge in [0.05, 0.1) is 0 Å². The van der Waals surface area contributed by atoms with Crippen LogP contribution in [0.15, 0.2) is 11.6 Å². The zero-order valence-electron chi connectivity index (χ0n) is 9.40. The maximum atomic E-state index is 3.51. The summed E-state index contributed by atoms with van der Waals surface area (Å²) < 4.78 is 0. The topological polar surface area (TPSA) is 12.0 Å². The monoisotopic (exact) mass is 191 g/mol. The molecule has 0 bridgehead atoms. The van der Waals surface area contributed by atoms with Gasteiger partial charge in [-0.25, -0.2) is 0 Å². The molecule has 1 saturated carbocycles. The summed E-state index contributed by atoms with van der Waals surface area (Å²) in [6.07, 6.45) is 8.41. The highest BCUT2D eigenvalue weighted by atomic mass is 14.9. The van der Waals surface area contributed by atoms with E-state index in [1.54, 1.807) is 0 Å². The Balaban J connectivity index is 1.98. The molecule has 0 unspecified atom stereocenters. The summed E-state index contributed by atoms with van der Waals surface area (Å²) in [7, 11) is 0. The molecular formula is C13H21N. The zero-order chi connectivity index (χ0) is 10.2. The van der Waals surface area contributed by atoms with Gasteiger partial charge in [-0.3, -0.25) is 0 Å². The Morgan fingerprint density at radius 3 is 2.93 bits per heavy atom. The first-order valence-corrected chi connectivity index (χ1v) is 5.61. The first kappa shape index (κ1) is 11.3. The van der Waals surface area contributed by atoms with E-state index in [2.05, 4.69) is 30.2 Å². The van der Waals surface area contributed by atoms with Crippen LogP contribution in [0.5, 0.6) is 0 Å². The quantitative estimate of drug-likeness (QED) is 0.387. The molecule has 0 spiro atoms. The molecule has 0 aromatic carbocycles. The lowest BCUT2D eigenvalue weighted by Gasteiger charge is -2.00. The van der Waals surface area contributed by atoms with Gasteiger partial charge in [-0.2, -0.15) is 0 Å². The Morgan fingerprint density at radius 2 is 2.29 bits per heavy atom. The maximum absolute atomic E-state index is 3.51. The van der Waals surface area contributed by atoms with Crippen LogP contribution < -0.4 is 5.32 Å². The average molecular weight is 191 g/mol. The van der Waals surface area contributed by atoms with Crippen molar-refractivity contribution in [1.29, 1.82) is 0 Å². The number of rotatable bonds is 6. The predicted octanol–water partition coefficient (Wildman–Crippen LogP) is 2.88. The van der Waals surface area contributed by atoms with Crippen LogP contribution in [0.1, 0.15) is 46.0 Å². The lowest BCUT2D eigenvalue weighted by molar-refractivity contribution is 0.688. The minimum absolute atomic E-state index is 0.842. The molecule has 0 radical (unpaired) electrons. The highest BCUT2D eigenvalue weighted by Gasteiger charge is 2.19. The average Bonchev–Trinajstić information content (AvgIpc) is 2.97. The summed E-state index contributed by atoms with van der Waals surface area (Å²) in [4.78, 5) is 0. The number of allylic oxidation sites excluding steroid dienone is 1. The number of nitrogens with one attached hydrogen (secondary N) is 1. The molecule has 1 aliphatic carbocycles. The second-order valence-corrected chi connectivity index (χ2v) is 3.99. The molecule has 0 aromatic heterocycles. The van der Waals surface area contributed by atoms with Crippen molar-refractivity contribution in [3.05, 3.63) is 11.6 Å². The third-order valence-electron chi connectivity index (χ3n) is 2.47. The third-order valence-corrected chi connectivity index (χ3v) is 2.47. The van der Waals surface area contributed by atoms with Crippen LogP contribution in [0.25, 0.3) is 0 Å². The zero-order valence-corrected chi connectivity index (χ0v) is 9.40. The van der Waals surface area contributed by atoms with Gasteiger partial charge < -0.3 is 5.32 Å². The molecule has 1 aliphatic rings. The minimum Gasteiger partial charge on any atom is -0.314 e. The Labute approximate surface area is 88.0 Å². The lowest BCUT2D eigenvalue weighted by Crippen LogP contribution is -2.16. The Kier molecular flexibility index (Phi) is 5.40. The molecule has 1 heteroatoms. The Bertz CT molecular complexity index is 238. The van der Waals surface area contributed by atoms with Crippen LogP contribution in [0.2, 0.25) is 0 Å². The summed E-state index contributed by atoms with van der Waals surface area (Å²) in [6.45, 7) is 5.24. The van der Waals surface area contributed by atoms with E-state index in [4.69, 9.17) is 0 Å². The van der Waals surface area contributed by atoms with Crippen molar-refractivity contribution < 1.29 is 0 Å². The first-order valence-electron chi connectivity index (χ1n) is 5.61. The van der Waals surface area contributed by atoms with Crippen molar-refractivity contribution in [1.82, 2.24) is 5.32 Å². The Hall–Kier alpha value is -0.740. The van der Waals surface area contributed by atoms with Gasteiger partial charge in [0.2, 0.25) is 0 Å². The second-order valence-electron chi connectivity index (χ2n) is 3.99. The Morgan fingerprint density at radius 1 is 1.50 bits per heavy atom. The van der Waals surface area contributed by atoms with Crippen LogP contribution in [-0.2, 0) is 0 Å².